The molecule has 0 bridgehead atoms. The Hall–Kier alpha value is -2.25. The number of hydrogen-bond donors (Lipinski definition) is 2. The summed E-state index contributed by atoms with van der Waals surface area (Å²) in [4.78, 5) is 23.1. The molecular weight excluding hydrogens is 301 g/mol. The minimum absolute atomic E-state index is 0.142. The number of alkyl halides is 3. The molecule has 1 aromatic carbocycles. The van der Waals surface area contributed by atoms with E-state index in [4.69, 9.17) is 0 Å². The van der Waals surface area contributed by atoms with Gasteiger partial charge in [-0.25, -0.2) is 0 Å². The lowest BCUT2D eigenvalue weighted by Gasteiger charge is -2.21. The van der Waals surface area contributed by atoms with Crippen molar-refractivity contribution in [3.05, 3.63) is 24.3 Å². The Kier molecular flexibility index (Phi) is 5.78. The van der Waals surface area contributed by atoms with Crippen molar-refractivity contribution < 1.29 is 27.5 Å². The molecule has 122 valence electrons. The van der Waals surface area contributed by atoms with Crippen molar-refractivity contribution in [1.82, 2.24) is 5.32 Å². The average Bonchev–Trinajstić information content (AvgIpc) is 2.36. The molecule has 2 N–H and O–H groups in total. The van der Waals surface area contributed by atoms with Gasteiger partial charge in [0.1, 0.15) is 11.8 Å². The number of anilines is 1. The molecule has 5 nitrogen and oxygen atoms in total. The molecule has 0 saturated carbocycles. The fourth-order valence-electron chi connectivity index (χ4n) is 1.71. The number of halogens is 3. The van der Waals surface area contributed by atoms with E-state index in [1.54, 1.807) is 13.8 Å². The molecule has 1 aromatic rings. The van der Waals surface area contributed by atoms with E-state index in [2.05, 4.69) is 15.4 Å². The summed E-state index contributed by atoms with van der Waals surface area (Å²) in [5, 5.41) is 5.05. The van der Waals surface area contributed by atoms with Gasteiger partial charge in [-0.15, -0.1) is 13.2 Å². The van der Waals surface area contributed by atoms with Crippen LogP contribution in [0.3, 0.4) is 0 Å². The van der Waals surface area contributed by atoms with E-state index < -0.39 is 18.3 Å². The lowest BCUT2D eigenvalue weighted by Crippen LogP contribution is -2.46. The first-order chi connectivity index (χ1) is 10.1. The van der Waals surface area contributed by atoms with Gasteiger partial charge in [-0.2, -0.15) is 0 Å². The minimum Gasteiger partial charge on any atom is -0.406 e. The topological polar surface area (TPSA) is 67.4 Å². The summed E-state index contributed by atoms with van der Waals surface area (Å²) in [6, 6.07) is 4.01. The summed E-state index contributed by atoms with van der Waals surface area (Å²) in [5.74, 6) is -1.32. The third kappa shape index (κ3) is 6.02. The smallest absolute Gasteiger partial charge is 0.406 e. The van der Waals surface area contributed by atoms with E-state index in [9.17, 15) is 22.8 Å². The van der Waals surface area contributed by atoms with Crippen LogP contribution in [0.15, 0.2) is 24.3 Å². The zero-order valence-electron chi connectivity index (χ0n) is 12.3. The SMILES string of the molecule is CC(=O)N[C@H](C(=O)Nc1ccc(OC(F)(F)F)cc1)C(C)C. The Balaban J connectivity index is 2.73. The lowest BCUT2D eigenvalue weighted by molar-refractivity contribution is -0.274. The summed E-state index contributed by atoms with van der Waals surface area (Å²) in [6.45, 7) is 4.83. The predicted molar refractivity (Wildman–Crippen MR) is 74.2 cm³/mol. The number of ether oxygens (including phenoxy) is 1. The van der Waals surface area contributed by atoms with Gasteiger partial charge in [-0.3, -0.25) is 9.59 Å². The lowest BCUT2D eigenvalue weighted by atomic mass is 10.0. The first-order valence-electron chi connectivity index (χ1n) is 6.52. The summed E-state index contributed by atoms with van der Waals surface area (Å²) in [6.07, 6.45) is -4.76. The van der Waals surface area contributed by atoms with Gasteiger partial charge in [0.25, 0.3) is 0 Å². The van der Waals surface area contributed by atoms with E-state index in [-0.39, 0.29) is 17.6 Å². The van der Waals surface area contributed by atoms with Crippen LogP contribution in [0, 0.1) is 5.92 Å². The van der Waals surface area contributed by atoms with Gasteiger partial charge >= 0.3 is 6.36 Å². The van der Waals surface area contributed by atoms with Crippen LogP contribution in [0.2, 0.25) is 0 Å². The van der Waals surface area contributed by atoms with Crippen molar-refractivity contribution in [3.63, 3.8) is 0 Å². The van der Waals surface area contributed by atoms with Crippen LogP contribution in [0.4, 0.5) is 18.9 Å². The second-order valence-corrected chi connectivity index (χ2v) is 4.98. The molecular formula is C14H17F3N2O3. The molecule has 0 radical (unpaired) electrons. The highest BCUT2D eigenvalue weighted by Gasteiger charge is 2.31. The second-order valence-electron chi connectivity index (χ2n) is 4.98. The average molecular weight is 318 g/mol. The maximum Gasteiger partial charge on any atom is 0.573 e. The normalized spacial score (nSPS) is 12.7. The molecule has 0 aliphatic rings. The highest BCUT2D eigenvalue weighted by molar-refractivity contribution is 5.97. The van der Waals surface area contributed by atoms with Gasteiger partial charge in [0.2, 0.25) is 11.8 Å². The van der Waals surface area contributed by atoms with Crippen molar-refractivity contribution in [3.8, 4) is 5.75 Å². The molecule has 22 heavy (non-hydrogen) atoms. The molecule has 1 rings (SSSR count). The fraction of sp³-hybridized carbons (Fsp3) is 0.429. The van der Waals surface area contributed by atoms with Crippen LogP contribution in [-0.4, -0.2) is 24.2 Å². The van der Waals surface area contributed by atoms with Crippen LogP contribution in [-0.2, 0) is 9.59 Å². The number of amides is 2. The first kappa shape index (κ1) is 17.8. The molecule has 0 aliphatic carbocycles. The van der Waals surface area contributed by atoms with E-state index in [0.29, 0.717) is 5.69 Å². The van der Waals surface area contributed by atoms with Crippen LogP contribution in [0.1, 0.15) is 20.8 Å². The van der Waals surface area contributed by atoms with Gasteiger partial charge in [-0.1, -0.05) is 13.8 Å². The minimum atomic E-state index is -4.76. The van der Waals surface area contributed by atoms with Crippen LogP contribution in [0.5, 0.6) is 5.75 Å². The number of nitrogens with one attached hydrogen (secondary N) is 2. The maximum absolute atomic E-state index is 12.1. The van der Waals surface area contributed by atoms with Crippen LogP contribution >= 0.6 is 0 Å². The monoisotopic (exact) mass is 318 g/mol. The Morgan fingerprint density at radius 1 is 1.14 bits per heavy atom. The van der Waals surface area contributed by atoms with Gasteiger partial charge in [0.05, 0.1) is 0 Å². The second kappa shape index (κ2) is 7.15. The first-order valence-corrected chi connectivity index (χ1v) is 6.52. The van der Waals surface area contributed by atoms with E-state index in [1.807, 2.05) is 0 Å². The largest absolute Gasteiger partial charge is 0.573 e. The van der Waals surface area contributed by atoms with Crippen molar-refractivity contribution in [2.75, 3.05) is 5.32 Å². The van der Waals surface area contributed by atoms with E-state index in [1.165, 1.54) is 19.1 Å². The molecule has 1 atom stereocenters. The molecule has 0 spiro atoms. The Bertz CT molecular complexity index is 527. The number of benzene rings is 1. The Morgan fingerprint density at radius 3 is 2.09 bits per heavy atom. The highest BCUT2D eigenvalue weighted by atomic mass is 19.4. The van der Waals surface area contributed by atoms with Crippen molar-refractivity contribution in [1.29, 1.82) is 0 Å². The number of hydrogen-bond acceptors (Lipinski definition) is 3. The summed E-state index contributed by atoms with van der Waals surface area (Å²) < 4.78 is 39.8. The molecule has 0 saturated heterocycles. The zero-order valence-corrected chi connectivity index (χ0v) is 12.3. The third-order valence-electron chi connectivity index (χ3n) is 2.66. The predicted octanol–water partition coefficient (Wildman–Crippen LogP) is 2.68. The third-order valence-corrected chi connectivity index (χ3v) is 2.66. The van der Waals surface area contributed by atoms with Crippen molar-refractivity contribution >= 4 is 17.5 Å². The Labute approximate surface area is 125 Å². The molecule has 0 aromatic heterocycles. The maximum atomic E-state index is 12.1. The fourth-order valence-corrected chi connectivity index (χ4v) is 1.71. The standard InChI is InChI=1S/C14H17F3N2O3/c1-8(2)12(18-9(3)20)13(21)19-10-4-6-11(7-5-10)22-14(15,16)17/h4-8,12H,1-3H3,(H,18,20)(H,19,21)/t12-/m0/s1. The van der Waals surface area contributed by atoms with Crippen molar-refractivity contribution in [2.24, 2.45) is 5.92 Å². The van der Waals surface area contributed by atoms with Gasteiger partial charge in [-0.05, 0) is 30.2 Å². The molecule has 0 heterocycles. The summed E-state index contributed by atoms with van der Waals surface area (Å²) >= 11 is 0. The highest BCUT2D eigenvalue weighted by Crippen LogP contribution is 2.24. The van der Waals surface area contributed by atoms with Crippen LogP contribution in [0.25, 0.3) is 0 Å². The zero-order chi connectivity index (χ0) is 16.9. The van der Waals surface area contributed by atoms with Crippen molar-refractivity contribution in [2.45, 2.75) is 33.2 Å². The molecule has 2 amide bonds. The number of carbonyl (C=O) groups excluding carboxylic acids is 2. The quantitative estimate of drug-likeness (QED) is 0.877. The number of carbonyl (C=O) groups is 2. The molecule has 0 unspecified atom stereocenters. The van der Waals surface area contributed by atoms with E-state index >= 15 is 0 Å². The molecule has 8 heteroatoms. The van der Waals surface area contributed by atoms with Gasteiger partial charge in [0, 0.05) is 12.6 Å². The van der Waals surface area contributed by atoms with Crippen LogP contribution < -0.4 is 15.4 Å². The summed E-state index contributed by atoms with van der Waals surface area (Å²) in [5.41, 5.74) is 0.301. The number of rotatable bonds is 5. The van der Waals surface area contributed by atoms with E-state index in [0.717, 1.165) is 12.1 Å². The van der Waals surface area contributed by atoms with Gasteiger partial charge in [0.15, 0.2) is 0 Å². The molecule has 0 fully saturated rings. The van der Waals surface area contributed by atoms with Gasteiger partial charge < -0.3 is 15.4 Å². The summed E-state index contributed by atoms with van der Waals surface area (Å²) in [7, 11) is 0. The Morgan fingerprint density at radius 2 is 1.68 bits per heavy atom. The molecule has 0 aliphatic heterocycles.